The Morgan fingerprint density at radius 3 is 2.79 bits per heavy atom. The number of aryl methyl sites for hydroxylation is 1. The van der Waals surface area contributed by atoms with E-state index in [1.165, 1.54) is 6.07 Å². The Balaban J connectivity index is 2.01. The number of pyridine rings is 1. The van der Waals surface area contributed by atoms with Crippen LogP contribution in [0.15, 0.2) is 24.4 Å². The van der Waals surface area contributed by atoms with E-state index in [0.717, 1.165) is 12.3 Å². The molecule has 2 aromatic heterocycles. The highest BCUT2D eigenvalue weighted by Crippen LogP contribution is 2.32. The van der Waals surface area contributed by atoms with E-state index in [1.807, 2.05) is 0 Å². The molecule has 1 N–H and O–H groups in total. The van der Waals surface area contributed by atoms with E-state index in [4.69, 9.17) is 0 Å². The average Bonchev–Trinajstić information content (AvgIpc) is 2.91. The molecule has 3 rings (SSSR count). The molecule has 0 saturated heterocycles. The monoisotopic (exact) mass is 269 g/mol. The van der Waals surface area contributed by atoms with Gasteiger partial charge in [0.2, 0.25) is 0 Å². The fourth-order valence-corrected chi connectivity index (χ4v) is 2.16. The van der Waals surface area contributed by atoms with Crippen molar-refractivity contribution in [2.24, 2.45) is 0 Å². The standard InChI is InChI=1S/C12H10F3N3O/c13-12(14,15)11-5-7(1-3-16-11)8-6-9-10(19)2-4-18(9)17-8/h1,3,5-6,10,19H,2,4H2/t10-/m1/s1. The van der Waals surface area contributed by atoms with Crippen LogP contribution in [-0.4, -0.2) is 19.9 Å². The normalized spacial score (nSPS) is 18.6. The number of nitrogens with zero attached hydrogens (tertiary/aromatic N) is 3. The number of alkyl halides is 3. The Morgan fingerprint density at radius 1 is 1.32 bits per heavy atom. The molecule has 3 heterocycles. The van der Waals surface area contributed by atoms with Crippen LogP contribution in [0.25, 0.3) is 11.3 Å². The van der Waals surface area contributed by atoms with Gasteiger partial charge in [-0.3, -0.25) is 9.67 Å². The van der Waals surface area contributed by atoms with Crippen LogP contribution in [0.3, 0.4) is 0 Å². The van der Waals surface area contributed by atoms with E-state index < -0.39 is 18.0 Å². The molecule has 0 unspecified atom stereocenters. The van der Waals surface area contributed by atoms with Crippen LogP contribution in [0.1, 0.15) is 23.9 Å². The van der Waals surface area contributed by atoms with Crippen LogP contribution in [0.4, 0.5) is 13.2 Å². The Kier molecular flexibility index (Phi) is 2.60. The van der Waals surface area contributed by atoms with E-state index in [0.29, 0.717) is 29.9 Å². The van der Waals surface area contributed by atoms with Gasteiger partial charge < -0.3 is 5.11 Å². The lowest BCUT2D eigenvalue weighted by atomic mass is 10.1. The van der Waals surface area contributed by atoms with Crippen molar-refractivity contribution < 1.29 is 18.3 Å². The van der Waals surface area contributed by atoms with Gasteiger partial charge in [-0.05, 0) is 24.6 Å². The molecule has 0 aromatic carbocycles. The first-order chi connectivity index (χ1) is 8.95. The van der Waals surface area contributed by atoms with Gasteiger partial charge in [-0.1, -0.05) is 0 Å². The Morgan fingerprint density at radius 2 is 2.11 bits per heavy atom. The van der Waals surface area contributed by atoms with E-state index >= 15 is 0 Å². The van der Waals surface area contributed by atoms with Gasteiger partial charge in [-0.15, -0.1) is 0 Å². The molecule has 0 bridgehead atoms. The number of halogens is 3. The molecule has 100 valence electrons. The lowest BCUT2D eigenvalue weighted by Gasteiger charge is -2.06. The van der Waals surface area contributed by atoms with E-state index in [-0.39, 0.29) is 0 Å². The summed E-state index contributed by atoms with van der Waals surface area (Å²) < 4.78 is 39.4. The predicted octanol–water partition coefficient (Wildman–Crippen LogP) is 2.40. The molecule has 0 fully saturated rings. The maximum absolute atomic E-state index is 12.6. The van der Waals surface area contributed by atoms with Crippen molar-refractivity contribution >= 4 is 0 Å². The van der Waals surface area contributed by atoms with Crippen molar-refractivity contribution in [3.05, 3.63) is 35.8 Å². The van der Waals surface area contributed by atoms with Gasteiger partial charge in [-0.2, -0.15) is 18.3 Å². The number of aromatic nitrogens is 3. The Hall–Kier alpha value is -1.89. The van der Waals surface area contributed by atoms with Crippen molar-refractivity contribution in [1.82, 2.24) is 14.8 Å². The SMILES string of the molecule is O[C@@H]1CCn2nc(-c3ccnc(C(F)(F)F)c3)cc21. The van der Waals surface area contributed by atoms with Gasteiger partial charge >= 0.3 is 6.18 Å². The molecule has 7 heteroatoms. The molecule has 1 atom stereocenters. The van der Waals surface area contributed by atoms with Crippen molar-refractivity contribution in [1.29, 1.82) is 0 Å². The van der Waals surface area contributed by atoms with Gasteiger partial charge in [0.1, 0.15) is 5.69 Å². The lowest BCUT2D eigenvalue weighted by molar-refractivity contribution is -0.141. The molecule has 0 radical (unpaired) electrons. The van der Waals surface area contributed by atoms with Gasteiger partial charge in [0.05, 0.1) is 17.5 Å². The fourth-order valence-electron chi connectivity index (χ4n) is 2.16. The summed E-state index contributed by atoms with van der Waals surface area (Å²) in [5.74, 6) is 0. The summed E-state index contributed by atoms with van der Waals surface area (Å²) in [6.45, 7) is 0.577. The third-order valence-electron chi connectivity index (χ3n) is 3.11. The fraction of sp³-hybridized carbons (Fsp3) is 0.333. The molecule has 1 aliphatic heterocycles. The van der Waals surface area contributed by atoms with E-state index in [2.05, 4.69) is 10.1 Å². The number of rotatable bonds is 1. The first kappa shape index (κ1) is 12.2. The summed E-state index contributed by atoms with van der Waals surface area (Å²) >= 11 is 0. The van der Waals surface area contributed by atoms with Gasteiger partial charge in [0, 0.05) is 18.3 Å². The molecule has 4 nitrogen and oxygen atoms in total. The first-order valence-corrected chi connectivity index (χ1v) is 5.74. The van der Waals surface area contributed by atoms with Crippen LogP contribution in [0.2, 0.25) is 0 Å². The summed E-state index contributed by atoms with van der Waals surface area (Å²) in [4.78, 5) is 3.31. The van der Waals surface area contributed by atoms with Crippen molar-refractivity contribution in [3.63, 3.8) is 0 Å². The second-order valence-corrected chi connectivity index (χ2v) is 4.41. The summed E-state index contributed by atoms with van der Waals surface area (Å²) in [6.07, 6.45) is -3.37. The van der Waals surface area contributed by atoms with Crippen molar-refractivity contribution in [2.75, 3.05) is 0 Å². The molecular weight excluding hydrogens is 259 g/mol. The lowest BCUT2D eigenvalue weighted by Crippen LogP contribution is -2.07. The third-order valence-corrected chi connectivity index (χ3v) is 3.11. The predicted molar refractivity (Wildman–Crippen MR) is 60.0 cm³/mol. The summed E-state index contributed by atoms with van der Waals surface area (Å²) in [5.41, 5.74) is 0.456. The highest BCUT2D eigenvalue weighted by molar-refractivity contribution is 5.60. The van der Waals surface area contributed by atoms with E-state index in [1.54, 1.807) is 10.7 Å². The second kappa shape index (κ2) is 4.06. The van der Waals surface area contributed by atoms with Crippen LogP contribution in [0.5, 0.6) is 0 Å². The number of aliphatic hydroxyl groups is 1. The molecule has 1 aliphatic rings. The third kappa shape index (κ3) is 2.10. The number of hydrogen-bond acceptors (Lipinski definition) is 3. The van der Waals surface area contributed by atoms with Crippen LogP contribution >= 0.6 is 0 Å². The topological polar surface area (TPSA) is 50.9 Å². The second-order valence-electron chi connectivity index (χ2n) is 4.41. The first-order valence-electron chi connectivity index (χ1n) is 5.74. The molecule has 0 saturated carbocycles. The summed E-state index contributed by atoms with van der Waals surface area (Å²) in [6, 6.07) is 4.05. The van der Waals surface area contributed by atoms with Crippen LogP contribution in [-0.2, 0) is 12.7 Å². The molecule has 2 aromatic rings. The minimum absolute atomic E-state index is 0.344. The quantitative estimate of drug-likeness (QED) is 0.864. The number of fused-ring (bicyclic) bond motifs is 1. The van der Waals surface area contributed by atoms with Gasteiger partial charge in [-0.25, -0.2) is 0 Å². The number of hydrogen-bond donors (Lipinski definition) is 1. The zero-order chi connectivity index (χ0) is 13.6. The summed E-state index contributed by atoms with van der Waals surface area (Å²) in [7, 11) is 0. The largest absolute Gasteiger partial charge is 0.433 e. The van der Waals surface area contributed by atoms with Crippen LogP contribution in [0, 0.1) is 0 Å². The molecule has 0 aliphatic carbocycles. The van der Waals surface area contributed by atoms with Crippen molar-refractivity contribution in [3.8, 4) is 11.3 Å². The summed E-state index contributed by atoms with van der Waals surface area (Å²) in [5, 5.41) is 13.9. The smallest absolute Gasteiger partial charge is 0.387 e. The molecule has 19 heavy (non-hydrogen) atoms. The number of aliphatic hydroxyl groups excluding tert-OH is 1. The maximum Gasteiger partial charge on any atom is 0.433 e. The zero-order valence-corrected chi connectivity index (χ0v) is 9.72. The van der Waals surface area contributed by atoms with Crippen molar-refractivity contribution in [2.45, 2.75) is 25.2 Å². The molecule has 0 amide bonds. The Labute approximate surface area is 106 Å². The van der Waals surface area contributed by atoms with E-state index in [9.17, 15) is 18.3 Å². The Bertz CT molecular complexity index is 621. The van der Waals surface area contributed by atoms with Gasteiger partial charge in [0.15, 0.2) is 0 Å². The molecule has 0 spiro atoms. The highest BCUT2D eigenvalue weighted by Gasteiger charge is 2.33. The molecular formula is C12H10F3N3O. The average molecular weight is 269 g/mol. The van der Waals surface area contributed by atoms with Gasteiger partial charge in [0.25, 0.3) is 0 Å². The highest BCUT2D eigenvalue weighted by atomic mass is 19.4. The van der Waals surface area contributed by atoms with Crippen LogP contribution < -0.4 is 0 Å². The minimum atomic E-state index is -4.47. The zero-order valence-electron chi connectivity index (χ0n) is 9.72. The maximum atomic E-state index is 12.6. The minimum Gasteiger partial charge on any atom is -0.387 e.